The second-order valence-corrected chi connectivity index (χ2v) is 9.74. The number of benzene rings is 2. The lowest BCUT2D eigenvalue weighted by atomic mass is 9.85. The van der Waals surface area contributed by atoms with Crippen molar-refractivity contribution in [3.8, 4) is 0 Å². The first kappa shape index (κ1) is 24.7. The Labute approximate surface area is 207 Å². The van der Waals surface area contributed by atoms with Gasteiger partial charge in [0.1, 0.15) is 0 Å². The van der Waals surface area contributed by atoms with Gasteiger partial charge in [0.2, 0.25) is 0 Å². The second kappa shape index (κ2) is 8.57. The summed E-state index contributed by atoms with van der Waals surface area (Å²) in [6, 6.07) is 8.60. The van der Waals surface area contributed by atoms with Crippen LogP contribution in [0.1, 0.15) is 47.4 Å². The highest BCUT2D eigenvalue weighted by Crippen LogP contribution is 2.50. The van der Waals surface area contributed by atoms with Crippen molar-refractivity contribution >= 4 is 23.3 Å². The minimum Gasteiger partial charge on any atom is -0.374 e. The van der Waals surface area contributed by atoms with Gasteiger partial charge in [-0.05, 0) is 42.2 Å². The van der Waals surface area contributed by atoms with Crippen molar-refractivity contribution in [1.29, 1.82) is 0 Å². The summed E-state index contributed by atoms with van der Waals surface area (Å²) < 4.78 is 82.3. The third-order valence-corrected chi connectivity index (χ3v) is 6.88. The summed E-state index contributed by atoms with van der Waals surface area (Å²) in [5, 5.41) is 6.03. The topological polar surface area (TPSA) is 53.9 Å². The summed E-state index contributed by atoms with van der Waals surface area (Å²) in [7, 11) is 0. The van der Waals surface area contributed by atoms with E-state index in [1.807, 2.05) is 0 Å². The third-order valence-electron chi connectivity index (χ3n) is 6.67. The van der Waals surface area contributed by atoms with Crippen LogP contribution in [0.25, 0.3) is 0 Å². The summed E-state index contributed by atoms with van der Waals surface area (Å²) in [6.45, 7) is 1.07. The maximum absolute atomic E-state index is 14.2. The highest BCUT2D eigenvalue weighted by molar-refractivity contribution is 6.30. The fraction of sp³-hybridized carbons (Fsp3) is 0.417. The monoisotopic (exact) mass is 531 g/mol. The Morgan fingerprint density at radius 3 is 2.31 bits per heavy atom. The largest absolute Gasteiger partial charge is 0.435 e. The molecule has 0 spiro atoms. The van der Waals surface area contributed by atoms with E-state index in [1.165, 1.54) is 0 Å². The summed E-state index contributed by atoms with van der Waals surface area (Å²) >= 11 is 5.73. The molecule has 2 heterocycles. The maximum atomic E-state index is 14.2. The zero-order chi connectivity index (χ0) is 25.9. The number of rotatable bonds is 4. The van der Waals surface area contributed by atoms with Crippen LogP contribution in [-0.2, 0) is 16.6 Å². The van der Waals surface area contributed by atoms with Gasteiger partial charge < -0.3 is 15.1 Å². The summed E-state index contributed by atoms with van der Waals surface area (Å²) in [5.74, 6) is 0.104. The van der Waals surface area contributed by atoms with Crippen molar-refractivity contribution in [3.05, 3.63) is 69.7 Å². The fourth-order valence-corrected chi connectivity index (χ4v) is 4.58. The molecule has 0 radical (unpaired) electrons. The van der Waals surface area contributed by atoms with E-state index < -0.39 is 40.5 Å². The number of hydrogen-bond acceptors (Lipinski definition) is 3. The number of halogens is 7. The number of nitrogens with zero attached hydrogens (tertiary/aromatic N) is 2. The van der Waals surface area contributed by atoms with Crippen molar-refractivity contribution in [2.24, 2.45) is 5.16 Å². The minimum absolute atomic E-state index is 0.0496. The normalized spacial score (nSPS) is 22.6. The van der Waals surface area contributed by atoms with Crippen LogP contribution < -0.4 is 5.32 Å². The summed E-state index contributed by atoms with van der Waals surface area (Å²) in [5.41, 5.74) is -3.97. The number of amides is 2. The predicted molar refractivity (Wildman–Crippen MR) is 119 cm³/mol. The van der Waals surface area contributed by atoms with E-state index in [9.17, 15) is 31.1 Å². The molecule has 1 atom stereocenters. The SMILES string of the molecule is O=C(NC1CC1)N1CC(c2ccc(C3=NOC(c4cc(Cl)cc(C(F)(F)F)c4)(C(F)(F)F)C3)cc2)C1. The van der Waals surface area contributed by atoms with Gasteiger partial charge in [0.15, 0.2) is 0 Å². The molecule has 5 rings (SSSR count). The third kappa shape index (κ3) is 4.60. The number of hydrogen-bond donors (Lipinski definition) is 1. The predicted octanol–water partition coefficient (Wildman–Crippen LogP) is 6.21. The molecule has 2 aromatic carbocycles. The molecule has 0 aromatic heterocycles. The number of likely N-dealkylation sites (tertiary alicyclic amines) is 1. The standard InChI is InChI=1S/C24H20ClF6N3O2/c25-18-8-16(7-17(9-18)23(26,27)28)22(24(29,30)31)10-20(33-36-22)14-3-1-13(2-4-14)15-11-34(12-15)21(35)32-19-5-6-19/h1-4,7-9,15,19H,5-6,10-12H2,(H,32,35). The number of carbonyl (C=O) groups excluding carboxylic acids is 1. The van der Waals surface area contributed by atoms with Gasteiger partial charge >= 0.3 is 18.4 Å². The number of nitrogens with one attached hydrogen (secondary N) is 1. The van der Waals surface area contributed by atoms with Crippen LogP contribution in [0.15, 0.2) is 47.6 Å². The van der Waals surface area contributed by atoms with Crippen molar-refractivity contribution in [2.75, 3.05) is 13.1 Å². The second-order valence-electron chi connectivity index (χ2n) is 9.30. The molecule has 192 valence electrons. The highest BCUT2D eigenvalue weighted by atomic mass is 35.5. The van der Waals surface area contributed by atoms with Crippen molar-refractivity contribution in [2.45, 2.75) is 49.2 Å². The smallest absolute Gasteiger partial charge is 0.374 e. The lowest BCUT2D eigenvalue weighted by Crippen LogP contribution is -2.52. The summed E-state index contributed by atoms with van der Waals surface area (Å²) in [4.78, 5) is 18.6. The van der Waals surface area contributed by atoms with E-state index in [1.54, 1.807) is 29.2 Å². The number of alkyl halides is 6. The Balaban J connectivity index is 1.32. The molecular formula is C24H20ClF6N3O2. The average Bonchev–Trinajstić information content (AvgIpc) is 3.44. The van der Waals surface area contributed by atoms with Gasteiger partial charge in [-0.2, -0.15) is 26.3 Å². The Bertz CT molecular complexity index is 1200. The maximum Gasteiger partial charge on any atom is 0.435 e. The molecule has 1 aliphatic carbocycles. The van der Waals surface area contributed by atoms with Crippen molar-refractivity contribution in [1.82, 2.24) is 10.2 Å². The molecule has 2 aromatic rings. The van der Waals surface area contributed by atoms with E-state index in [0.717, 1.165) is 24.5 Å². The highest BCUT2D eigenvalue weighted by Gasteiger charge is 2.62. The lowest BCUT2D eigenvalue weighted by molar-refractivity contribution is -0.276. The van der Waals surface area contributed by atoms with Crippen LogP contribution in [-0.4, -0.2) is 42.0 Å². The average molecular weight is 532 g/mol. The number of carbonyl (C=O) groups is 1. The van der Waals surface area contributed by atoms with Crippen molar-refractivity contribution < 1.29 is 36.0 Å². The van der Waals surface area contributed by atoms with Gasteiger partial charge in [-0.1, -0.05) is 41.0 Å². The Morgan fingerprint density at radius 1 is 1.06 bits per heavy atom. The van der Waals surface area contributed by atoms with Crippen LogP contribution in [0.2, 0.25) is 5.02 Å². The van der Waals surface area contributed by atoms with E-state index in [-0.39, 0.29) is 23.7 Å². The molecule has 1 unspecified atom stereocenters. The molecule has 1 saturated heterocycles. The van der Waals surface area contributed by atoms with E-state index in [4.69, 9.17) is 16.4 Å². The molecule has 1 saturated carbocycles. The minimum atomic E-state index is -5.07. The van der Waals surface area contributed by atoms with Crippen LogP contribution in [0, 0.1) is 0 Å². The molecule has 3 aliphatic rings. The van der Waals surface area contributed by atoms with Gasteiger partial charge in [-0.15, -0.1) is 0 Å². The molecule has 2 aliphatic heterocycles. The fourth-order valence-electron chi connectivity index (χ4n) is 4.34. The van der Waals surface area contributed by atoms with E-state index in [0.29, 0.717) is 30.8 Å². The molecule has 36 heavy (non-hydrogen) atoms. The molecule has 1 N–H and O–H groups in total. The van der Waals surface area contributed by atoms with Gasteiger partial charge in [0.25, 0.3) is 5.60 Å². The van der Waals surface area contributed by atoms with Crippen LogP contribution in [0.3, 0.4) is 0 Å². The van der Waals surface area contributed by atoms with Gasteiger partial charge in [0.05, 0.1) is 11.3 Å². The zero-order valence-corrected chi connectivity index (χ0v) is 19.3. The van der Waals surface area contributed by atoms with E-state index in [2.05, 4.69) is 10.5 Å². The van der Waals surface area contributed by atoms with Crippen molar-refractivity contribution in [3.63, 3.8) is 0 Å². The first-order valence-corrected chi connectivity index (χ1v) is 11.6. The van der Waals surface area contributed by atoms with Gasteiger partial charge in [-0.3, -0.25) is 0 Å². The van der Waals surface area contributed by atoms with Gasteiger partial charge in [-0.25, -0.2) is 4.79 Å². The van der Waals surface area contributed by atoms with Crippen LogP contribution in [0.5, 0.6) is 0 Å². The van der Waals surface area contributed by atoms with Crippen LogP contribution >= 0.6 is 11.6 Å². The molecule has 2 amide bonds. The molecular weight excluding hydrogens is 512 g/mol. The molecule has 12 heteroatoms. The Hall–Kier alpha value is -2.95. The first-order chi connectivity index (χ1) is 16.9. The molecule has 0 bridgehead atoms. The zero-order valence-electron chi connectivity index (χ0n) is 18.6. The van der Waals surface area contributed by atoms with E-state index >= 15 is 0 Å². The molecule has 2 fully saturated rings. The first-order valence-electron chi connectivity index (χ1n) is 11.2. The lowest BCUT2D eigenvalue weighted by Gasteiger charge is -2.39. The van der Waals surface area contributed by atoms with Gasteiger partial charge in [0, 0.05) is 42.1 Å². The Kier molecular flexibility index (Phi) is 5.89. The quantitative estimate of drug-likeness (QED) is 0.477. The molecule has 5 nitrogen and oxygen atoms in total. The Morgan fingerprint density at radius 2 is 1.72 bits per heavy atom. The summed E-state index contributed by atoms with van der Waals surface area (Å²) in [6.07, 6.45) is -8.78. The number of urea groups is 1. The number of oxime groups is 1. The van der Waals surface area contributed by atoms with Crippen LogP contribution in [0.4, 0.5) is 31.1 Å².